The standard InChI is InChI=1S/C23H22N2O2S/c1-3-17-8-12-19(13-9-17)24-23(27)21(15-20-5-4-14-28-20)25-22(26)18-10-6-16(2)7-11-18/h4-15H,3H2,1-2H3,(H,24,27)(H,25,26)/b21-15-. The first kappa shape index (κ1) is 19.6. The lowest BCUT2D eigenvalue weighted by molar-refractivity contribution is -0.113. The molecule has 1 heterocycles. The van der Waals surface area contributed by atoms with E-state index >= 15 is 0 Å². The van der Waals surface area contributed by atoms with Crippen LogP contribution in [0, 0.1) is 6.92 Å². The predicted molar refractivity (Wildman–Crippen MR) is 115 cm³/mol. The maximum Gasteiger partial charge on any atom is 0.272 e. The van der Waals surface area contributed by atoms with Gasteiger partial charge in [0.05, 0.1) is 0 Å². The van der Waals surface area contributed by atoms with Crippen LogP contribution in [0.15, 0.2) is 71.7 Å². The van der Waals surface area contributed by atoms with Gasteiger partial charge in [-0.2, -0.15) is 0 Å². The Hall–Kier alpha value is -3.18. The molecular weight excluding hydrogens is 368 g/mol. The molecule has 28 heavy (non-hydrogen) atoms. The van der Waals surface area contributed by atoms with Gasteiger partial charge in [-0.25, -0.2) is 0 Å². The first-order valence-electron chi connectivity index (χ1n) is 9.08. The lowest BCUT2D eigenvalue weighted by atomic mass is 10.1. The smallest absolute Gasteiger partial charge is 0.272 e. The van der Waals surface area contributed by atoms with Gasteiger partial charge in [0.2, 0.25) is 0 Å². The molecule has 0 aliphatic heterocycles. The second-order valence-corrected chi connectivity index (χ2v) is 7.38. The second-order valence-electron chi connectivity index (χ2n) is 6.40. The zero-order valence-electron chi connectivity index (χ0n) is 15.9. The first-order valence-corrected chi connectivity index (χ1v) is 9.96. The van der Waals surface area contributed by atoms with E-state index in [4.69, 9.17) is 0 Å². The third-order valence-corrected chi connectivity index (χ3v) is 5.08. The van der Waals surface area contributed by atoms with Crippen LogP contribution in [0.4, 0.5) is 5.69 Å². The van der Waals surface area contributed by atoms with Crippen molar-refractivity contribution in [1.82, 2.24) is 5.32 Å². The summed E-state index contributed by atoms with van der Waals surface area (Å²) in [6.45, 7) is 4.04. The van der Waals surface area contributed by atoms with E-state index in [-0.39, 0.29) is 17.5 Å². The monoisotopic (exact) mass is 390 g/mol. The number of nitrogens with one attached hydrogen (secondary N) is 2. The Bertz CT molecular complexity index is 972. The molecule has 0 unspecified atom stereocenters. The minimum absolute atomic E-state index is 0.201. The molecule has 0 saturated carbocycles. The minimum Gasteiger partial charge on any atom is -0.321 e. The zero-order chi connectivity index (χ0) is 19.9. The molecule has 0 fully saturated rings. The van der Waals surface area contributed by atoms with Crippen LogP contribution in [-0.4, -0.2) is 11.8 Å². The topological polar surface area (TPSA) is 58.2 Å². The fraction of sp³-hybridized carbons (Fsp3) is 0.130. The highest BCUT2D eigenvalue weighted by Gasteiger charge is 2.15. The summed E-state index contributed by atoms with van der Waals surface area (Å²) in [4.78, 5) is 26.3. The quantitative estimate of drug-likeness (QED) is 0.580. The van der Waals surface area contributed by atoms with Crippen LogP contribution in [0.1, 0.15) is 33.3 Å². The van der Waals surface area contributed by atoms with Gasteiger partial charge in [0.15, 0.2) is 0 Å². The van der Waals surface area contributed by atoms with Crippen LogP contribution in [-0.2, 0) is 11.2 Å². The molecule has 3 aromatic rings. The number of thiophene rings is 1. The van der Waals surface area contributed by atoms with Crippen molar-refractivity contribution in [3.8, 4) is 0 Å². The number of hydrogen-bond acceptors (Lipinski definition) is 3. The molecule has 0 saturated heterocycles. The zero-order valence-corrected chi connectivity index (χ0v) is 16.7. The number of carbonyl (C=O) groups is 2. The Labute approximate surface area is 168 Å². The number of benzene rings is 2. The highest BCUT2D eigenvalue weighted by Crippen LogP contribution is 2.16. The SMILES string of the molecule is CCc1ccc(NC(=O)/C(=C/c2cccs2)NC(=O)c2ccc(C)cc2)cc1. The highest BCUT2D eigenvalue weighted by atomic mass is 32.1. The van der Waals surface area contributed by atoms with E-state index in [1.54, 1.807) is 18.2 Å². The Kier molecular flexibility index (Phi) is 6.40. The summed E-state index contributed by atoms with van der Waals surface area (Å²) < 4.78 is 0. The van der Waals surface area contributed by atoms with Crippen molar-refractivity contribution in [3.63, 3.8) is 0 Å². The number of aryl methyl sites for hydroxylation is 2. The molecule has 2 N–H and O–H groups in total. The summed E-state index contributed by atoms with van der Waals surface area (Å²) >= 11 is 1.50. The van der Waals surface area contributed by atoms with Crippen molar-refractivity contribution >= 4 is 34.9 Å². The number of carbonyl (C=O) groups excluding carboxylic acids is 2. The fourth-order valence-corrected chi connectivity index (χ4v) is 3.25. The molecule has 0 radical (unpaired) electrons. The molecule has 4 nitrogen and oxygen atoms in total. The van der Waals surface area contributed by atoms with E-state index < -0.39 is 0 Å². The summed E-state index contributed by atoms with van der Waals surface area (Å²) in [6, 6.07) is 18.7. The number of anilines is 1. The Morgan fingerprint density at radius 3 is 2.32 bits per heavy atom. The van der Waals surface area contributed by atoms with Gasteiger partial charge in [0, 0.05) is 16.1 Å². The van der Waals surface area contributed by atoms with Crippen molar-refractivity contribution in [3.05, 3.63) is 93.3 Å². The van der Waals surface area contributed by atoms with E-state index in [2.05, 4.69) is 17.6 Å². The van der Waals surface area contributed by atoms with Gasteiger partial charge in [-0.15, -0.1) is 11.3 Å². The molecule has 2 aromatic carbocycles. The lowest BCUT2D eigenvalue weighted by Crippen LogP contribution is -2.30. The molecule has 0 spiro atoms. The Morgan fingerprint density at radius 1 is 1.00 bits per heavy atom. The van der Waals surface area contributed by atoms with Crippen molar-refractivity contribution in [2.24, 2.45) is 0 Å². The molecule has 3 rings (SSSR count). The second kappa shape index (κ2) is 9.15. The van der Waals surface area contributed by atoms with Crippen molar-refractivity contribution < 1.29 is 9.59 Å². The average Bonchev–Trinajstić information content (AvgIpc) is 3.21. The van der Waals surface area contributed by atoms with Crippen LogP contribution < -0.4 is 10.6 Å². The molecule has 0 bridgehead atoms. The summed E-state index contributed by atoms with van der Waals surface area (Å²) in [6.07, 6.45) is 2.62. The van der Waals surface area contributed by atoms with Crippen molar-refractivity contribution in [1.29, 1.82) is 0 Å². The molecular formula is C23H22N2O2S. The van der Waals surface area contributed by atoms with Gasteiger partial charge in [-0.05, 0) is 60.7 Å². The van der Waals surface area contributed by atoms with Crippen LogP contribution >= 0.6 is 11.3 Å². The molecule has 2 amide bonds. The van der Waals surface area contributed by atoms with E-state index in [9.17, 15) is 9.59 Å². The van der Waals surface area contributed by atoms with Gasteiger partial charge >= 0.3 is 0 Å². The molecule has 142 valence electrons. The van der Waals surface area contributed by atoms with Crippen molar-refractivity contribution in [2.45, 2.75) is 20.3 Å². The van der Waals surface area contributed by atoms with E-state index in [1.165, 1.54) is 16.9 Å². The maximum atomic E-state index is 12.8. The van der Waals surface area contributed by atoms with Gasteiger partial charge in [-0.1, -0.05) is 42.8 Å². The number of hydrogen-bond donors (Lipinski definition) is 2. The van der Waals surface area contributed by atoms with Gasteiger partial charge in [-0.3, -0.25) is 9.59 Å². The third-order valence-electron chi connectivity index (χ3n) is 4.26. The largest absolute Gasteiger partial charge is 0.321 e. The average molecular weight is 391 g/mol. The van der Waals surface area contributed by atoms with Gasteiger partial charge < -0.3 is 10.6 Å². The van der Waals surface area contributed by atoms with Crippen LogP contribution in [0.3, 0.4) is 0 Å². The molecule has 0 aliphatic carbocycles. The van der Waals surface area contributed by atoms with E-state index in [0.717, 1.165) is 16.9 Å². The summed E-state index contributed by atoms with van der Waals surface area (Å²) in [5.74, 6) is -0.683. The normalized spacial score (nSPS) is 11.1. The van der Waals surface area contributed by atoms with Crippen molar-refractivity contribution in [2.75, 3.05) is 5.32 Å². The minimum atomic E-state index is -0.363. The summed E-state index contributed by atoms with van der Waals surface area (Å²) in [5.41, 5.74) is 3.65. The Morgan fingerprint density at radius 2 is 1.71 bits per heavy atom. The Balaban J connectivity index is 1.80. The van der Waals surface area contributed by atoms with Gasteiger partial charge in [0.25, 0.3) is 11.8 Å². The predicted octanol–water partition coefficient (Wildman–Crippen LogP) is 5.03. The first-order chi connectivity index (χ1) is 13.5. The van der Waals surface area contributed by atoms with Crippen LogP contribution in [0.2, 0.25) is 0 Å². The maximum absolute atomic E-state index is 12.8. The van der Waals surface area contributed by atoms with E-state index in [1.807, 2.05) is 60.8 Å². The van der Waals surface area contributed by atoms with Crippen LogP contribution in [0.25, 0.3) is 6.08 Å². The number of rotatable bonds is 6. The lowest BCUT2D eigenvalue weighted by Gasteiger charge is -2.11. The van der Waals surface area contributed by atoms with E-state index in [0.29, 0.717) is 11.3 Å². The third kappa shape index (κ3) is 5.18. The molecule has 0 aliphatic rings. The fourth-order valence-electron chi connectivity index (χ4n) is 2.60. The van der Waals surface area contributed by atoms with Gasteiger partial charge in [0.1, 0.15) is 5.70 Å². The van der Waals surface area contributed by atoms with Crippen LogP contribution in [0.5, 0.6) is 0 Å². The number of amides is 2. The molecule has 1 aromatic heterocycles. The molecule has 0 atom stereocenters. The molecule has 5 heteroatoms. The summed E-state index contributed by atoms with van der Waals surface area (Å²) in [7, 11) is 0. The summed E-state index contributed by atoms with van der Waals surface area (Å²) in [5, 5.41) is 7.53. The highest BCUT2D eigenvalue weighted by molar-refractivity contribution is 7.10.